The van der Waals surface area contributed by atoms with Gasteiger partial charge < -0.3 is 15.2 Å². The first kappa shape index (κ1) is 14.5. The van der Waals surface area contributed by atoms with Crippen molar-refractivity contribution < 1.29 is 14.6 Å². The molecule has 0 saturated carbocycles. The van der Waals surface area contributed by atoms with Crippen LogP contribution in [0, 0.1) is 0 Å². The number of anilines is 1. The molecular weight excluding hydrogens is 324 g/mol. The number of nitrogens with one attached hydrogen (secondary N) is 1. The van der Waals surface area contributed by atoms with Crippen molar-refractivity contribution >= 4 is 27.5 Å². The number of halogens is 1. The van der Waals surface area contributed by atoms with Gasteiger partial charge in [0.1, 0.15) is 11.4 Å². The lowest BCUT2D eigenvalue weighted by atomic mass is 10.2. The first-order valence-electron chi connectivity index (χ1n) is 5.84. The molecule has 104 valence electrons. The topological polar surface area (TPSA) is 71.5 Å². The van der Waals surface area contributed by atoms with E-state index in [0.29, 0.717) is 22.7 Å². The number of carbonyl (C=O) groups excluding carboxylic acids is 1. The fraction of sp³-hybridized carbons (Fsp3) is 0.143. The summed E-state index contributed by atoms with van der Waals surface area (Å²) in [5.74, 6) is 0.263. The Morgan fingerprint density at radius 3 is 2.80 bits per heavy atom. The Bertz CT molecular complexity index is 614. The predicted molar refractivity (Wildman–Crippen MR) is 78.8 cm³/mol. The van der Waals surface area contributed by atoms with Crippen molar-refractivity contribution in [2.75, 3.05) is 12.4 Å². The van der Waals surface area contributed by atoms with E-state index >= 15 is 0 Å². The molecule has 0 saturated heterocycles. The molecule has 5 nitrogen and oxygen atoms in total. The van der Waals surface area contributed by atoms with E-state index in [0.717, 1.165) is 4.47 Å². The monoisotopic (exact) mass is 336 g/mol. The van der Waals surface area contributed by atoms with Crippen LogP contribution in [0.4, 0.5) is 5.69 Å². The fourth-order valence-corrected chi connectivity index (χ4v) is 1.92. The minimum atomic E-state index is -0.313. The molecule has 1 aromatic carbocycles. The van der Waals surface area contributed by atoms with Crippen LogP contribution >= 0.6 is 15.9 Å². The average Bonchev–Trinajstić information content (AvgIpc) is 2.47. The highest BCUT2D eigenvalue weighted by molar-refractivity contribution is 9.10. The van der Waals surface area contributed by atoms with Crippen LogP contribution in [0.3, 0.4) is 0 Å². The summed E-state index contributed by atoms with van der Waals surface area (Å²) < 4.78 is 5.91. The van der Waals surface area contributed by atoms with Crippen molar-refractivity contribution in [1.29, 1.82) is 0 Å². The van der Waals surface area contributed by atoms with E-state index in [2.05, 4.69) is 26.2 Å². The highest BCUT2D eigenvalue weighted by Gasteiger charge is 2.09. The van der Waals surface area contributed by atoms with Crippen LogP contribution in [0.5, 0.6) is 5.75 Å². The van der Waals surface area contributed by atoms with Crippen LogP contribution in [0.15, 0.2) is 41.0 Å². The molecule has 20 heavy (non-hydrogen) atoms. The summed E-state index contributed by atoms with van der Waals surface area (Å²) in [4.78, 5) is 16.0. The Hall–Kier alpha value is -1.92. The molecule has 0 aliphatic carbocycles. The molecular formula is C14H13BrN2O3. The molecule has 6 heteroatoms. The minimum Gasteiger partial charge on any atom is -0.496 e. The number of hydrogen-bond acceptors (Lipinski definition) is 4. The number of pyridine rings is 1. The van der Waals surface area contributed by atoms with Gasteiger partial charge in [-0.1, -0.05) is 0 Å². The van der Waals surface area contributed by atoms with Gasteiger partial charge in [0.05, 0.1) is 13.7 Å². The van der Waals surface area contributed by atoms with Gasteiger partial charge in [-0.15, -0.1) is 0 Å². The molecule has 0 unspecified atom stereocenters. The Labute approximate surface area is 124 Å². The quantitative estimate of drug-likeness (QED) is 0.900. The van der Waals surface area contributed by atoms with E-state index in [1.54, 1.807) is 36.5 Å². The highest BCUT2D eigenvalue weighted by Crippen LogP contribution is 2.22. The number of aromatic nitrogens is 1. The Morgan fingerprint density at radius 2 is 2.20 bits per heavy atom. The van der Waals surface area contributed by atoms with Crippen LogP contribution in [0.2, 0.25) is 0 Å². The standard InChI is InChI=1S/C14H13BrN2O3/c1-20-13-5-3-11(6-9(13)8-18)17-14(19)12-4-2-10(15)7-16-12/h2-7,18H,8H2,1H3,(H,17,19). The summed E-state index contributed by atoms with van der Waals surface area (Å²) in [5.41, 5.74) is 1.49. The number of rotatable bonds is 4. The molecule has 0 radical (unpaired) electrons. The summed E-state index contributed by atoms with van der Waals surface area (Å²) in [7, 11) is 1.53. The highest BCUT2D eigenvalue weighted by atomic mass is 79.9. The van der Waals surface area contributed by atoms with Gasteiger partial charge in [0, 0.05) is 21.9 Å². The smallest absolute Gasteiger partial charge is 0.274 e. The largest absolute Gasteiger partial charge is 0.496 e. The molecule has 2 N–H and O–H groups in total. The second-order valence-corrected chi connectivity index (χ2v) is 4.92. The minimum absolute atomic E-state index is 0.163. The van der Waals surface area contributed by atoms with Gasteiger partial charge in [-0.05, 0) is 46.3 Å². The predicted octanol–water partition coefficient (Wildman–Crippen LogP) is 2.60. The summed E-state index contributed by atoms with van der Waals surface area (Å²) in [5, 5.41) is 12.0. The molecule has 2 rings (SSSR count). The normalized spacial score (nSPS) is 10.2. The Kier molecular flexibility index (Phi) is 4.70. The van der Waals surface area contributed by atoms with E-state index in [4.69, 9.17) is 4.74 Å². The van der Waals surface area contributed by atoms with Crippen molar-refractivity contribution in [2.45, 2.75) is 6.61 Å². The van der Waals surface area contributed by atoms with Crippen molar-refractivity contribution in [1.82, 2.24) is 4.98 Å². The van der Waals surface area contributed by atoms with Crippen molar-refractivity contribution in [2.24, 2.45) is 0 Å². The van der Waals surface area contributed by atoms with Gasteiger partial charge >= 0.3 is 0 Å². The van der Waals surface area contributed by atoms with Crippen LogP contribution in [-0.2, 0) is 6.61 Å². The molecule has 1 heterocycles. The lowest BCUT2D eigenvalue weighted by molar-refractivity contribution is 0.102. The van der Waals surface area contributed by atoms with E-state index in [1.165, 1.54) is 7.11 Å². The van der Waals surface area contributed by atoms with Crippen molar-refractivity contribution in [3.63, 3.8) is 0 Å². The number of carbonyl (C=O) groups is 1. The lowest BCUT2D eigenvalue weighted by Crippen LogP contribution is -2.13. The van der Waals surface area contributed by atoms with Gasteiger partial charge in [-0.2, -0.15) is 0 Å². The SMILES string of the molecule is COc1ccc(NC(=O)c2ccc(Br)cn2)cc1CO. The second-order valence-electron chi connectivity index (χ2n) is 4.00. The third kappa shape index (κ3) is 3.34. The van der Waals surface area contributed by atoms with E-state index < -0.39 is 0 Å². The lowest BCUT2D eigenvalue weighted by Gasteiger charge is -2.10. The molecule has 0 fully saturated rings. The van der Waals surface area contributed by atoms with Crippen LogP contribution in [0.25, 0.3) is 0 Å². The maximum Gasteiger partial charge on any atom is 0.274 e. The summed E-state index contributed by atoms with van der Waals surface area (Å²) >= 11 is 3.26. The Balaban J connectivity index is 2.17. The fourth-order valence-electron chi connectivity index (χ4n) is 1.69. The van der Waals surface area contributed by atoms with Gasteiger partial charge in [-0.3, -0.25) is 4.79 Å². The third-order valence-electron chi connectivity index (χ3n) is 2.67. The summed E-state index contributed by atoms with van der Waals surface area (Å²) in [6, 6.07) is 8.42. The zero-order valence-corrected chi connectivity index (χ0v) is 12.3. The number of aliphatic hydroxyl groups excluding tert-OH is 1. The molecule has 0 spiro atoms. The Morgan fingerprint density at radius 1 is 1.40 bits per heavy atom. The number of methoxy groups -OCH3 is 1. The summed E-state index contributed by atoms with van der Waals surface area (Å²) in [6.45, 7) is -0.163. The third-order valence-corrected chi connectivity index (χ3v) is 3.14. The number of benzene rings is 1. The summed E-state index contributed by atoms with van der Waals surface area (Å²) in [6.07, 6.45) is 1.56. The molecule has 2 aromatic rings. The van der Waals surface area contributed by atoms with Gasteiger partial charge in [-0.25, -0.2) is 4.98 Å². The maximum atomic E-state index is 12.0. The number of hydrogen-bond donors (Lipinski definition) is 2. The number of ether oxygens (including phenoxy) is 1. The van der Waals surface area contributed by atoms with E-state index in [1.807, 2.05) is 0 Å². The number of amides is 1. The molecule has 1 aromatic heterocycles. The molecule has 0 aliphatic heterocycles. The van der Waals surface area contributed by atoms with Crippen LogP contribution in [0.1, 0.15) is 16.1 Å². The van der Waals surface area contributed by atoms with Gasteiger partial charge in [0.25, 0.3) is 5.91 Å². The first-order chi connectivity index (χ1) is 9.63. The van der Waals surface area contributed by atoms with Gasteiger partial charge in [0.15, 0.2) is 0 Å². The molecule has 0 bridgehead atoms. The number of nitrogens with zero attached hydrogens (tertiary/aromatic N) is 1. The van der Waals surface area contributed by atoms with Crippen molar-refractivity contribution in [3.8, 4) is 5.75 Å². The first-order valence-corrected chi connectivity index (χ1v) is 6.64. The molecule has 0 atom stereocenters. The molecule has 1 amide bonds. The van der Waals surface area contributed by atoms with Crippen LogP contribution in [-0.4, -0.2) is 23.1 Å². The van der Waals surface area contributed by atoms with Crippen LogP contribution < -0.4 is 10.1 Å². The maximum absolute atomic E-state index is 12.0. The number of aliphatic hydroxyl groups is 1. The second kappa shape index (κ2) is 6.49. The average molecular weight is 337 g/mol. The zero-order valence-electron chi connectivity index (χ0n) is 10.8. The van der Waals surface area contributed by atoms with Crippen molar-refractivity contribution in [3.05, 3.63) is 52.3 Å². The van der Waals surface area contributed by atoms with E-state index in [9.17, 15) is 9.90 Å². The van der Waals surface area contributed by atoms with E-state index in [-0.39, 0.29) is 12.5 Å². The molecule has 0 aliphatic rings. The van der Waals surface area contributed by atoms with Gasteiger partial charge in [0.2, 0.25) is 0 Å². The zero-order chi connectivity index (χ0) is 14.5.